The Morgan fingerprint density at radius 3 is 2.42 bits per heavy atom. The molecule has 1 saturated heterocycles. The number of anilines is 3. The van der Waals surface area contributed by atoms with E-state index < -0.39 is 20.9 Å². The van der Waals surface area contributed by atoms with Crippen LogP contribution in [0, 0.1) is 17.0 Å². The third kappa shape index (κ3) is 5.79. The van der Waals surface area contributed by atoms with Gasteiger partial charge in [0, 0.05) is 39.3 Å². The Morgan fingerprint density at radius 2 is 1.79 bits per heavy atom. The normalized spacial score (nSPS) is 14.5. The van der Waals surface area contributed by atoms with Crippen molar-refractivity contribution in [3.63, 3.8) is 0 Å². The maximum absolute atomic E-state index is 13.1. The van der Waals surface area contributed by atoms with Gasteiger partial charge in [-0.2, -0.15) is 4.31 Å². The summed E-state index contributed by atoms with van der Waals surface area (Å²) in [4.78, 5) is 25.0. The van der Waals surface area contributed by atoms with Gasteiger partial charge in [0.15, 0.2) is 0 Å². The zero-order valence-electron chi connectivity index (χ0n) is 19.0. The van der Waals surface area contributed by atoms with Crippen LogP contribution < -0.4 is 15.5 Å². The van der Waals surface area contributed by atoms with Gasteiger partial charge in [-0.1, -0.05) is 12.5 Å². The number of nitrogens with zero attached hydrogens (tertiary/aromatic N) is 3. The number of nitro benzene ring substituents is 1. The molecular weight excluding hydrogens is 446 g/mol. The van der Waals surface area contributed by atoms with E-state index in [9.17, 15) is 23.3 Å². The molecule has 0 aliphatic carbocycles. The van der Waals surface area contributed by atoms with Gasteiger partial charge in [0.25, 0.3) is 5.69 Å². The van der Waals surface area contributed by atoms with E-state index in [1.165, 1.54) is 16.4 Å². The fourth-order valence-corrected chi connectivity index (χ4v) is 5.23. The van der Waals surface area contributed by atoms with Gasteiger partial charge >= 0.3 is 0 Å². The number of hydrogen-bond donors (Lipinski definition) is 2. The molecule has 1 amide bonds. The fourth-order valence-electron chi connectivity index (χ4n) is 3.69. The molecule has 2 aromatic rings. The van der Waals surface area contributed by atoms with Gasteiger partial charge in [-0.25, -0.2) is 8.42 Å². The van der Waals surface area contributed by atoms with Crippen molar-refractivity contribution in [2.45, 2.75) is 31.1 Å². The third-order valence-electron chi connectivity index (χ3n) is 5.55. The molecule has 0 unspecified atom stereocenters. The lowest BCUT2D eigenvalue weighted by atomic mass is 10.2. The van der Waals surface area contributed by atoms with Gasteiger partial charge in [-0.3, -0.25) is 14.9 Å². The van der Waals surface area contributed by atoms with Crippen LogP contribution in [0.3, 0.4) is 0 Å². The Kier molecular flexibility index (Phi) is 7.54. The number of nitrogens with one attached hydrogen (secondary N) is 2. The number of benzene rings is 2. The highest BCUT2D eigenvalue weighted by atomic mass is 32.2. The summed E-state index contributed by atoms with van der Waals surface area (Å²) < 4.78 is 27.7. The summed E-state index contributed by atoms with van der Waals surface area (Å²) in [7, 11) is 0.0283. The molecule has 10 nitrogen and oxygen atoms in total. The van der Waals surface area contributed by atoms with Crippen LogP contribution >= 0.6 is 0 Å². The molecule has 1 aliphatic rings. The Bertz CT molecular complexity index is 1140. The van der Waals surface area contributed by atoms with E-state index in [0.29, 0.717) is 30.0 Å². The second-order valence-electron chi connectivity index (χ2n) is 8.20. The zero-order valence-corrected chi connectivity index (χ0v) is 19.8. The first-order valence-corrected chi connectivity index (χ1v) is 12.1. The van der Waals surface area contributed by atoms with Crippen LogP contribution in [-0.4, -0.2) is 57.3 Å². The Hall–Kier alpha value is -3.18. The Morgan fingerprint density at radius 1 is 1.09 bits per heavy atom. The van der Waals surface area contributed by atoms with E-state index in [1.807, 2.05) is 19.0 Å². The highest BCUT2D eigenvalue weighted by Gasteiger charge is 2.27. The first-order chi connectivity index (χ1) is 15.6. The van der Waals surface area contributed by atoms with Gasteiger partial charge in [-0.05, 0) is 43.5 Å². The monoisotopic (exact) mass is 475 g/mol. The highest BCUT2D eigenvalue weighted by Crippen LogP contribution is 2.30. The average molecular weight is 476 g/mol. The second kappa shape index (κ2) is 10.2. The molecule has 1 heterocycles. The molecule has 178 valence electrons. The standard InChI is InChI=1S/C22H29N5O5S/c1-16-7-8-17(27(29)30)13-19(16)24-22(28)15-23-20-14-18(9-10-21(20)25(2)3)33(31,32)26-11-5-4-6-12-26/h7-10,13-14,23H,4-6,11-12,15H2,1-3H3,(H,24,28). The Labute approximate surface area is 193 Å². The number of nitro groups is 1. The van der Waals surface area contributed by atoms with E-state index in [1.54, 1.807) is 31.2 Å². The molecule has 33 heavy (non-hydrogen) atoms. The van der Waals surface area contributed by atoms with Gasteiger partial charge < -0.3 is 15.5 Å². The lowest BCUT2D eigenvalue weighted by molar-refractivity contribution is -0.384. The number of rotatable bonds is 8. The molecule has 2 aromatic carbocycles. The average Bonchev–Trinajstić information content (AvgIpc) is 2.79. The number of piperidine rings is 1. The number of aryl methyl sites for hydroxylation is 1. The van der Waals surface area contributed by atoms with E-state index in [2.05, 4.69) is 10.6 Å². The molecule has 1 fully saturated rings. The zero-order chi connectivity index (χ0) is 24.2. The molecule has 0 atom stereocenters. The van der Waals surface area contributed by atoms with Crippen LogP contribution in [0.1, 0.15) is 24.8 Å². The molecule has 0 bridgehead atoms. The van der Waals surface area contributed by atoms with Crippen molar-refractivity contribution in [3.05, 3.63) is 52.1 Å². The molecule has 0 radical (unpaired) electrons. The second-order valence-corrected chi connectivity index (χ2v) is 10.1. The van der Waals surface area contributed by atoms with E-state index in [4.69, 9.17) is 0 Å². The minimum absolute atomic E-state index is 0.116. The summed E-state index contributed by atoms with van der Waals surface area (Å²) in [6, 6.07) is 9.09. The lowest BCUT2D eigenvalue weighted by Gasteiger charge is -2.27. The molecule has 0 aromatic heterocycles. The largest absolute Gasteiger partial charge is 0.376 e. The minimum Gasteiger partial charge on any atom is -0.376 e. The Balaban J connectivity index is 1.78. The highest BCUT2D eigenvalue weighted by molar-refractivity contribution is 7.89. The van der Waals surface area contributed by atoms with Crippen molar-refractivity contribution >= 4 is 38.7 Å². The summed E-state index contributed by atoms with van der Waals surface area (Å²) >= 11 is 0. The summed E-state index contributed by atoms with van der Waals surface area (Å²) in [6.45, 7) is 2.61. The number of amides is 1. The SMILES string of the molecule is Cc1ccc([N+](=O)[O-])cc1NC(=O)CNc1cc(S(=O)(=O)N2CCCCC2)ccc1N(C)C. The van der Waals surface area contributed by atoms with Crippen LogP contribution in [0.4, 0.5) is 22.7 Å². The maximum Gasteiger partial charge on any atom is 0.271 e. The van der Waals surface area contributed by atoms with Crippen LogP contribution in [0.2, 0.25) is 0 Å². The van der Waals surface area contributed by atoms with Crippen LogP contribution in [0.15, 0.2) is 41.3 Å². The summed E-state index contributed by atoms with van der Waals surface area (Å²) in [5, 5.41) is 16.7. The number of carbonyl (C=O) groups excluding carboxylic acids is 1. The maximum atomic E-state index is 13.1. The minimum atomic E-state index is -3.62. The smallest absolute Gasteiger partial charge is 0.271 e. The molecule has 2 N–H and O–H groups in total. The van der Waals surface area contributed by atoms with Gasteiger partial charge in [-0.15, -0.1) is 0 Å². The predicted molar refractivity (Wildman–Crippen MR) is 128 cm³/mol. The van der Waals surface area contributed by atoms with Gasteiger partial charge in [0.2, 0.25) is 15.9 Å². The van der Waals surface area contributed by atoms with Crippen molar-refractivity contribution in [1.82, 2.24) is 4.31 Å². The van der Waals surface area contributed by atoms with Gasteiger partial charge in [0.1, 0.15) is 0 Å². The molecule has 3 rings (SSSR count). The summed E-state index contributed by atoms with van der Waals surface area (Å²) in [5.74, 6) is -0.410. The number of carbonyl (C=O) groups is 1. The van der Waals surface area contributed by atoms with Gasteiger partial charge in [0.05, 0.1) is 33.4 Å². The molecule has 0 spiro atoms. The van der Waals surface area contributed by atoms with Crippen molar-refractivity contribution in [2.75, 3.05) is 49.3 Å². The van der Waals surface area contributed by atoms with Crippen molar-refractivity contribution in [3.8, 4) is 0 Å². The van der Waals surface area contributed by atoms with E-state index >= 15 is 0 Å². The first-order valence-electron chi connectivity index (χ1n) is 10.7. The molecule has 11 heteroatoms. The van der Waals surface area contributed by atoms with Crippen molar-refractivity contribution < 1.29 is 18.1 Å². The van der Waals surface area contributed by atoms with E-state index in [-0.39, 0.29) is 17.1 Å². The third-order valence-corrected chi connectivity index (χ3v) is 7.44. The number of sulfonamides is 1. The molecule has 0 saturated carbocycles. The van der Waals surface area contributed by atoms with Crippen LogP contribution in [0.5, 0.6) is 0 Å². The predicted octanol–water partition coefficient (Wildman–Crippen LogP) is 3.19. The fraction of sp³-hybridized carbons (Fsp3) is 0.409. The number of hydrogen-bond acceptors (Lipinski definition) is 7. The topological polar surface area (TPSA) is 125 Å². The van der Waals surface area contributed by atoms with Crippen LogP contribution in [-0.2, 0) is 14.8 Å². The summed E-state index contributed by atoms with van der Waals surface area (Å²) in [6.07, 6.45) is 2.71. The van der Waals surface area contributed by atoms with Crippen molar-refractivity contribution in [1.29, 1.82) is 0 Å². The number of non-ortho nitro benzene ring substituents is 1. The van der Waals surface area contributed by atoms with Crippen LogP contribution in [0.25, 0.3) is 0 Å². The quantitative estimate of drug-likeness (QED) is 0.444. The molecular formula is C22H29N5O5S. The van der Waals surface area contributed by atoms with E-state index in [0.717, 1.165) is 24.9 Å². The lowest BCUT2D eigenvalue weighted by Crippen LogP contribution is -2.35. The molecule has 1 aliphatic heterocycles. The first kappa shape index (κ1) is 24.5. The summed E-state index contributed by atoms with van der Waals surface area (Å²) in [5.41, 5.74) is 2.16. The van der Waals surface area contributed by atoms with Crippen molar-refractivity contribution in [2.24, 2.45) is 0 Å².